The lowest BCUT2D eigenvalue weighted by Crippen LogP contribution is -2.36. The van der Waals surface area contributed by atoms with Crippen LogP contribution in [-0.4, -0.2) is 22.5 Å². The maximum Gasteiger partial charge on any atom is 0.262 e. The third kappa shape index (κ3) is 2.78. The zero-order valence-corrected chi connectivity index (χ0v) is 13.0. The monoisotopic (exact) mass is 307 g/mol. The molecule has 0 aliphatic heterocycles. The smallest absolute Gasteiger partial charge is 0.262 e. The number of likely N-dealkylation sites (N-methyl/N-ethyl adjacent to an activating group) is 1. The number of carbonyl (C=O) groups excluding carboxylic acids is 1. The highest BCUT2D eigenvalue weighted by Gasteiger charge is 2.23. The van der Waals surface area contributed by atoms with Crippen molar-refractivity contribution < 1.29 is 4.79 Å². The lowest BCUT2D eigenvalue weighted by atomic mass is 10.2. The van der Waals surface area contributed by atoms with Gasteiger partial charge in [-0.3, -0.25) is 14.2 Å². The van der Waals surface area contributed by atoms with E-state index in [1.807, 2.05) is 13.0 Å². The van der Waals surface area contributed by atoms with Crippen LogP contribution in [-0.2, 0) is 4.79 Å². The Morgan fingerprint density at radius 1 is 1.43 bits per heavy atom. The maximum absolute atomic E-state index is 12.7. The number of aromatic nitrogens is 2. The van der Waals surface area contributed by atoms with Gasteiger partial charge in [0, 0.05) is 7.05 Å². The molecule has 2 aromatic rings. The van der Waals surface area contributed by atoms with E-state index in [2.05, 4.69) is 10.3 Å². The number of hydrogen-bond acceptors (Lipinski definition) is 3. The summed E-state index contributed by atoms with van der Waals surface area (Å²) >= 11 is 6.31. The van der Waals surface area contributed by atoms with Gasteiger partial charge in [-0.25, -0.2) is 4.98 Å². The third-order valence-electron chi connectivity index (χ3n) is 3.49. The van der Waals surface area contributed by atoms with Gasteiger partial charge in [0.25, 0.3) is 5.56 Å². The molecule has 2 atom stereocenters. The van der Waals surface area contributed by atoms with Crippen LogP contribution in [0.2, 0.25) is 0 Å². The number of fused-ring (bicyclic) bond motifs is 1. The number of rotatable bonds is 4. The second kappa shape index (κ2) is 6.26. The van der Waals surface area contributed by atoms with Gasteiger partial charge >= 0.3 is 0 Å². The van der Waals surface area contributed by atoms with Crippen LogP contribution in [0.3, 0.4) is 0 Å². The number of nitrogens with one attached hydrogen (secondary N) is 1. The summed E-state index contributed by atoms with van der Waals surface area (Å²) in [4.78, 5) is 29.1. The second-order valence-electron chi connectivity index (χ2n) is 4.83. The van der Waals surface area contributed by atoms with Crippen LogP contribution < -0.4 is 10.9 Å². The zero-order chi connectivity index (χ0) is 15.6. The molecule has 0 spiro atoms. The van der Waals surface area contributed by atoms with E-state index in [1.165, 1.54) is 11.6 Å². The molecule has 1 amide bonds. The molecule has 1 N–H and O–H groups in total. The van der Waals surface area contributed by atoms with E-state index in [-0.39, 0.29) is 11.5 Å². The predicted molar refractivity (Wildman–Crippen MR) is 83.7 cm³/mol. The Hall–Kier alpha value is -1.88. The van der Waals surface area contributed by atoms with Crippen molar-refractivity contribution in [2.75, 3.05) is 7.05 Å². The summed E-state index contributed by atoms with van der Waals surface area (Å²) in [6.07, 6.45) is 0.618. The molecule has 1 aromatic heterocycles. The van der Waals surface area contributed by atoms with Gasteiger partial charge in [0.15, 0.2) is 0 Å². The summed E-state index contributed by atoms with van der Waals surface area (Å²) in [5, 5.41) is 2.61. The van der Waals surface area contributed by atoms with Gasteiger partial charge in [-0.2, -0.15) is 0 Å². The minimum absolute atomic E-state index is 0.245. The predicted octanol–water partition coefficient (Wildman–Crippen LogP) is 2.39. The topological polar surface area (TPSA) is 64.0 Å². The van der Waals surface area contributed by atoms with Crippen LogP contribution in [0, 0.1) is 0 Å². The van der Waals surface area contributed by atoms with Gasteiger partial charge in [0.1, 0.15) is 11.9 Å². The molecule has 0 bridgehead atoms. The molecule has 1 heterocycles. The van der Waals surface area contributed by atoms with Crippen molar-refractivity contribution in [3.05, 3.63) is 40.4 Å². The van der Waals surface area contributed by atoms with Crippen LogP contribution >= 0.6 is 11.6 Å². The molecule has 0 saturated heterocycles. The average molecular weight is 308 g/mol. The van der Waals surface area contributed by atoms with Crippen molar-refractivity contribution in [2.45, 2.75) is 31.7 Å². The Balaban J connectivity index is 2.79. The highest BCUT2D eigenvalue weighted by atomic mass is 35.5. The Labute approximate surface area is 127 Å². The fourth-order valence-corrected chi connectivity index (χ4v) is 2.42. The normalized spacial score (nSPS) is 13.9. The van der Waals surface area contributed by atoms with Gasteiger partial charge in [-0.1, -0.05) is 19.1 Å². The fourth-order valence-electron chi connectivity index (χ4n) is 2.27. The lowest BCUT2D eigenvalue weighted by molar-refractivity contribution is -0.123. The molecular weight excluding hydrogens is 290 g/mol. The third-order valence-corrected chi connectivity index (χ3v) is 3.99. The van der Waals surface area contributed by atoms with Crippen molar-refractivity contribution >= 4 is 28.4 Å². The minimum atomic E-state index is -0.664. The van der Waals surface area contributed by atoms with Crippen molar-refractivity contribution in [3.63, 3.8) is 0 Å². The second-order valence-corrected chi connectivity index (χ2v) is 5.36. The van der Waals surface area contributed by atoms with E-state index in [1.54, 1.807) is 25.1 Å². The van der Waals surface area contributed by atoms with Crippen molar-refractivity contribution in [1.29, 1.82) is 0 Å². The first-order valence-corrected chi connectivity index (χ1v) is 7.31. The van der Waals surface area contributed by atoms with Gasteiger partial charge in [-0.15, -0.1) is 11.6 Å². The summed E-state index contributed by atoms with van der Waals surface area (Å²) in [6, 6.07) is 6.41. The molecule has 0 saturated carbocycles. The molecule has 1 aromatic carbocycles. The quantitative estimate of drug-likeness (QED) is 0.882. The van der Waals surface area contributed by atoms with E-state index >= 15 is 0 Å². The Bertz CT molecular complexity index is 726. The van der Waals surface area contributed by atoms with Crippen LogP contribution in [0.15, 0.2) is 29.1 Å². The number of alkyl halides is 1. The van der Waals surface area contributed by atoms with Gasteiger partial charge in [0.05, 0.1) is 16.3 Å². The Morgan fingerprint density at radius 3 is 2.71 bits per heavy atom. The molecule has 21 heavy (non-hydrogen) atoms. The maximum atomic E-state index is 12.7. The molecule has 0 aliphatic rings. The van der Waals surface area contributed by atoms with Crippen molar-refractivity contribution in [2.24, 2.45) is 0 Å². The van der Waals surface area contributed by atoms with Crippen LogP contribution in [0.25, 0.3) is 10.9 Å². The molecule has 6 heteroatoms. The summed E-state index contributed by atoms with van der Waals surface area (Å²) in [7, 11) is 1.54. The van der Waals surface area contributed by atoms with Crippen LogP contribution in [0.1, 0.15) is 37.5 Å². The number of halogens is 1. The Morgan fingerprint density at radius 2 is 2.10 bits per heavy atom. The van der Waals surface area contributed by atoms with E-state index in [0.717, 1.165) is 0 Å². The number of nitrogens with zero attached hydrogens (tertiary/aromatic N) is 2. The summed E-state index contributed by atoms with van der Waals surface area (Å²) in [6.45, 7) is 3.58. The van der Waals surface area contributed by atoms with Crippen molar-refractivity contribution in [1.82, 2.24) is 14.9 Å². The zero-order valence-electron chi connectivity index (χ0n) is 12.3. The number of benzene rings is 1. The highest BCUT2D eigenvalue weighted by molar-refractivity contribution is 6.20. The molecule has 112 valence electrons. The highest BCUT2D eigenvalue weighted by Crippen LogP contribution is 2.25. The van der Waals surface area contributed by atoms with Crippen LogP contribution in [0.5, 0.6) is 0 Å². The largest absolute Gasteiger partial charge is 0.357 e. The van der Waals surface area contributed by atoms with Gasteiger partial charge < -0.3 is 5.32 Å². The average Bonchev–Trinajstić information content (AvgIpc) is 2.52. The molecule has 2 rings (SSSR count). The van der Waals surface area contributed by atoms with Crippen LogP contribution in [0.4, 0.5) is 0 Å². The first-order valence-electron chi connectivity index (χ1n) is 6.88. The first kappa shape index (κ1) is 15.5. The molecule has 2 unspecified atom stereocenters. The lowest BCUT2D eigenvalue weighted by Gasteiger charge is -2.20. The van der Waals surface area contributed by atoms with E-state index in [0.29, 0.717) is 23.1 Å². The standard InChI is InChI=1S/C15H18ClN3O2/c1-4-11(16)13-18-12-8-6-5-7-10(12)15(21)19(13)9(2)14(20)17-3/h5-9,11H,4H2,1-3H3,(H,17,20). The summed E-state index contributed by atoms with van der Waals surface area (Å²) in [5.41, 5.74) is 0.350. The van der Waals surface area contributed by atoms with E-state index in [9.17, 15) is 9.59 Å². The molecule has 0 fully saturated rings. The number of hydrogen-bond donors (Lipinski definition) is 1. The summed E-state index contributed by atoms with van der Waals surface area (Å²) < 4.78 is 1.39. The van der Waals surface area contributed by atoms with Crippen molar-refractivity contribution in [3.8, 4) is 0 Å². The number of amides is 1. The minimum Gasteiger partial charge on any atom is -0.357 e. The molecule has 0 aliphatic carbocycles. The van der Waals surface area contributed by atoms with Gasteiger partial charge in [-0.05, 0) is 25.5 Å². The molecular formula is C15H18ClN3O2. The number of carbonyl (C=O) groups is 1. The van der Waals surface area contributed by atoms with Gasteiger partial charge in [0.2, 0.25) is 5.91 Å². The van der Waals surface area contributed by atoms with E-state index < -0.39 is 11.4 Å². The SMILES string of the molecule is CCC(Cl)c1nc2ccccc2c(=O)n1C(C)C(=O)NC. The first-order chi connectivity index (χ1) is 10.0. The molecule has 5 nitrogen and oxygen atoms in total. The summed E-state index contributed by atoms with van der Waals surface area (Å²) in [5.74, 6) is 0.175. The number of para-hydroxylation sites is 1. The van der Waals surface area contributed by atoms with E-state index in [4.69, 9.17) is 11.6 Å². The Kier molecular flexibility index (Phi) is 4.63. The fraction of sp³-hybridized carbons (Fsp3) is 0.400. The molecule has 0 radical (unpaired) electrons.